The lowest BCUT2D eigenvalue weighted by atomic mass is 10.1. The Bertz CT molecular complexity index is 1280. The molecule has 0 aromatic heterocycles. The molecule has 1 saturated carbocycles. The zero-order valence-corrected chi connectivity index (χ0v) is 23.8. The maximum Gasteiger partial charge on any atom is 0.242 e. The number of rotatable bonds is 11. The van der Waals surface area contributed by atoms with E-state index in [0.717, 1.165) is 43.1 Å². The van der Waals surface area contributed by atoms with Crippen molar-refractivity contribution in [3.63, 3.8) is 0 Å². The predicted molar refractivity (Wildman–Crippen MR) is 150 cm³/mol. The van der Waals surface area contributed by atoms with Crippen LogP contribution in [0.3, 0.4) is 0 Å². The van der Waals surface area contributed by atoms with E-state index in [2.05, 4.69) is 5.32 Å². The Morgan fingerprint density at radius 2 is 1.77 bits per heavy atom. The highest BCUT2D eigenvalue weighted by atomic mass is 32.2. The average molecular weight is 558 g/mol. The Morgan fingerprint density at radius 3 is 2.46 bits per heavy atom. The van der Waals surface area contributed by atoms with Crippen molar-refractivity contribution < 1.29 is 27.5 Å². The van der Waals surface area contributed by atoms with Crippen molar-refractivity contribution in [2.24, 2.45) is 0 Å². The molecule has 2 aliphatic rings. The van der Waals surface area contributed by atoms with E-state index < -0.39 is 16.1 Å². The molecular formula is C29H39N3O6S. The Kier molecular flexibility index (Phi) is 9.37. The number of aryl methyl sites for hydroxylation is 1. The lowest BCUT2D eigenvalue weighted by Crippen LogP contribution is -2.49. The molecule has 1 N–H and O–H groups in total. The summed E-state index contributed by atoms with van der Waals surface area (Å²) in [4.78, 5) is 28.2. The summed E-state index contributed by atoms with van der Waals surface area (Å²) in [6.07, 6.45) is 5.67. The standard InChI is InChI=1S/C29H39N3O6S/c1-21-8-6-9-23(18-21)20-31(22(2)29(34)30-24-10-4-5-11-24)28(33)12-7-15-32(39(3,35)36)25-13-14-26-27(19-25)38-17-16-37-26/h6,8-9,13-14,18-19,22,24H,4-5,7,10-12,15-17,20H2,1-3H3,(H,30,34)/t22-/m0/s1. The van der Waals surface area contributed by atoms with E-state index in [1.54, 1.807) is 30.0 Å². The Balaban J connectivity index is 1.45. The van der Waals surface area contributed by atoms with Crippen LogP contribution in [-0.2, 0) is 26.2 Å². The van der Waals surface area contributed by atoms with Crippen LogP contribution in [0, 0.1) is 6.92 Å². The minimum Gasteiger partial charge on any atom is -0.486 e. The van der Waals surface area contributed by atoms with Crippen molar-refractivity contribution >= 4 is 27.5 Å². The number of anilines is 1. The highest BCUT2D eigenvalue weighted by molar-refractivity contribution is 7.92. The number of amides is 2. The van der Waals surface area contributed by atoms with Gasteiger partial charge in [0.15, 0.2) is 11.5 Å². The monoisotopic (exact) mass is 557 g/mol. The fourth-order valence-corrected chi connectivity index (χ4v) is 6.13. The van der Waals surface area contributed by atoms with Gasteiger partial charge >= 0.3 is 0 Å². The number of benzene rings is 2. The van der Waals surface area contributed by atoms with Crippen molar-refractivity contribution in [2.45, 2.75) is 71.0 Å². The minimum absolute atomic E-state index is 0.101. The largest absolute Gasteiger partial charge is 0.486 e. The van der Waals surface area contributed by atoms with Gasteiger partial charge in [-0.05, 0) is 50.8 Å². The number of hydrogen-bond acceptors (Lipinski definition) is 6. The van der Waals surface area contributed by atoms with Gasteiger partial charge in [-0.3, -0.25) is 13.9 Å². The van der Waals surface area contributed by atoms with E-state index in [-0.39, 0.29) is 30.8 Å². The van der Waals surface area contributed by atoms with Crippen LogP contribution >= 0.6 is 0 Å². The normalized spacial score (nSPS) is 16.0. The maximum atomic E-state index is 13.5. The summed E-state index contributed by atoms with van der Waals surface area (Å²) in [5.74, 6) is 0.721. The third-order valence-corrected chi connectivity index (χ3v) is 8.46. The summed E-state index contributed by atoms with van der Waals surface area (Å²) in [5.41, 5.74) is 2.47. The summed E-state index contributed by atoms with van der Waals surface area (Å²) in [6, 6.07) is 12.4. The van der Waals surface area contributed by atoms with E-state index in [1.807, 2.05) is 31.2 Å². The molecule has 0 unspecified atom stereocenters. The zero-order chi connectivity index (χ0) is 28.0. The Labute approximate surface area is 231 Å². The molecule has 1 aliphatic carbocycles. The summed E-state index contributed by atoms with van der Waals surface area (Å²) in [5, 5.41) is 3.11. The van der Waals surface area contributed by atoms with Gasteiger partial charge in [-0.1, -0.05) is 42.7 Å². The van der Waals surface area contributed by atoms with E-state index in [9.17, 15) is 18.0 Å². The second-order valence-corrected chi connectivity index (χ2v) is 12.4. The van der Waals surface area contributed by atoms with Crippen molar-refractivity contribution in [3.8, 4) is 11.5 Å². The fraction of sp³-hybridized carbons (Fsp3) is 0.517. The third-order valence-electron chi connectivity index (χ3n) is 7.27. The molecule has 9 nitrogen and oxygen atoms in total. The molecule has 1 aliphatic heterocycles. The van der Waals surface area contributed by atoms with Gasteiger partial charge in [-0.25, -0.2) is 8.42 Å². The summed E-state index contributed by atoms with van der Waals surface area (Å²) >= 11 is 0. The van der Waals surface area contributed by atoms with Gasteiger partial charge in [-0.15, -0.1) is 0 Å². The van der Waals surface area contributed by atoms with Gasteiger partial charge in [0, 0.05) is 31.6 Å². The molecule has 212 valence electrons. The number of nitrogens with zero attached hydrogens (tertiary/aromatic N) is 2. The first-order valence-electron chi connectivity index (χ1n) is 13.6. The van der Waals surface area contributed by atoms with Gasteiger partial charge in [0.2, 0.25) is 21.8 Å². The van der Waals surface area contributed by atoms with Crippen molar-refractivity contribution in [1.82, 2.24) is 10.2 Å². The van der Waals surface area contributed by atoms with Gasteiger partial charge in [-0.2, -0.15) is 0 Å². The molecule has 1 fully saturated rings. The average Bonchev–Trinajstić information content (AvgIpc) is 3.41. The maximum absolute atomic E-state index is 13.5. The Morgan fingerprint density at radius 1 is 1.05 bits per heavy atom. The van der Waals surface area contributed by atoms with Crippen LogP contribution in [0.4, 0.5) is 5.69 Å². The van der Waals surface area contributed by atoms with Crippen molar-refractivity contribution in [1.29, 1.82) is 0 Å². The van der Waals surface area contributed by atoms with Crippen molar-refractivity contribution in [3.05, 3.63) is 53.6 Å². The van der Waals surface area contributed by atoms with E-state index >= 15 is 0 Å². The lowest BCUT2D eigenvalue weighted by Gasteiger charge is -2.30. The molecule has 2 aromatic carbocycles. The molecule has 39 heavy (non-hydrogen) atoms. The third kappa shape index (κ3) is 7.65. The van der Waals surface area contributed by atoms with E-state index in [0.29, 0.717) is 43.4 Å². The van der Waals surface area contributed by atoms with Gasteiger partial charge in [0.05, 0.1) is 11.9 Å². The van der Waals surface area contributed by atoms with Gasteiger partial charge < -0.3 is 19.7 Å². The van der Waals surface area contributed by atoms with Gasteiger partial charge in [0.25, 0.3) is 0 Å². The fourth-order valence-electron chi connectivity index (χ4n) is 5.17. The minimum atomic E-state index is -3.61. The molecule has 2 aromatic rings. The quantitative estimate of drug-likeness (QED) is 0.451. The van der Waals surface area contributed by atoms with Crippen LogP contribution in [0.5, 0.6) is 11.5 Å². The number of carbonyl (C=O) groups is 2. The summed E-state index contributed by atoms with van der Waals surface area (Å²) in [6.45, 7) is 5.01. The topological polar surface area (TPSA) is 105 Å². The van der Waals surface area contributed by atoms with Crippen LogP contribution in [0.15, 0.2) is 42.5 Å². The second kappa shape index (κ2) is 12.7. The molecule has 0 saturated heterocycles. The zero-order valence-electron chi connectivity index (χ0n) is 23.0. The highest BCUT2D eigenvalue weighted by Gasteiger charge is 2.29. The van der Waals surface area contributed by atoms with Crippen molar-refractivity contribution in [2.75, 3.05) is 30.3 Å². The molecule has 4 rings (SSSR count). The molecule has 1 atom stereocenters. The molecule has 2 amide bonds. The first-order chi connectivity index (χ1) is 18.6. The van der Waals surface area contributed by atoms with Crippen LogP contribution in [0.2, 0.25) is 0 Å². The second-order valence-electron chi connectivity index (χ2n) is 10.4. The first kappa shape index (κ1) is 28.7. The SMILES string of the molecule is Cc1cccc(CN(C(=O)CCCN(c2ccc3c(c2)OCCO3)S(C)(=O)=O)[C@@H](C)C(=O)NC2CCCC2)c1. The number of carbonyl (C=O) groups excluding carboxylic acids is 2. The van der Waals surface area contributed by atoms with Crippen LogP contribution < -0.4 is 19.1 Å². The number of nitrogens with one attached hydrogen (secondary N) is 1. The van der Waals surface area contributed by atoms with Crippen LogP contribution in [-0.4, -0.2) is 63.2 Å². The van der Waals surface area contributed by atoms with E-state index in [1.165, 1.54) is 4.31 Å². The van der Waals surface area contributed by atoms with E-state index in [4.69, 9.17) is 9.47 Å². The van der Waals surface area contributed by atoms with Crippen LogP contribution in [0.1, 0.15) is 56.6 Å². The van der Waals surface area contributed by atoms with Crippen LogP contribution in [0.25, 0.3) is 0 Å². The summed E-state index contributed by atoms with van der Waals surface area (Å²) in [7, 11) is -3.61. The molecule has 0 radical (unpaired) electrons. The predicted octanol–water partition coefficient (Wildman–Crippen LogP) is 3.79. The van der Waals surface area contributed by atoms with Gasteiger partial charge in [0.1, 0.15) is 19.3 Å². The summed E-state index contributed by atoms with van der Waals surface area (Å²) < 4.78 is 37.7. The molecular weight excluding hydrogens is 518 g/mol. The smallest absolute Gasteiger partial charge is 0.242 e. The molecule has 0 bridgehead atoms. The first-order valence-corrected chi connectivity index (χ1v) is 15.5. The number of hydrogen-bond donors (Lipinski definition) is 1. The lowest BCUT2D eigenvalue weighted by molar-refractivity contribution is -0.141. The number of fused-ring (bicyclic) bond motifs is 1. The highest BCUT2D eigenvalue weighted by Crippen LogP contribution is 2.34. The number of ether oxygens (including phenoxy) is 2. The molecule has 1 heterocycles. The molecule has 0 spiro atoms. The Hall–Kier alpha value is -3.27. The number of sulfonamides is 1. The molecule has 10 heteroatoms.